The van der Waals surface area contributed by atoms with E-state index in [0.29, 0.717) is 0 Å². The summed E-state index contributed by atoms with van der Waals surface area (Å²) in [6.07, 6.45) is -1.20. The van der Waals surface area contributed by atoms with Crippen LogP contribution in [0, 0.1) is 5.92 Å². The molecule has 0 rings (SSSR count). The first-order valence-corrected chi connectivity index (χ1v) is 3.52. The Morgan fingerprint density at radius 1 is 1.42 bits per heavy atom. The Morgan fingerprint density at radius 3 is 2.25 bits per heavy atom. The molecule has 70 valence electrons. The van der Waals surface area contributed by atoms with E-state index in [1.54, 1.807) is 0 Å². The third kappa shape index (κ3) is 3.92. The molecule has 0 aliphatic carbocycles. The summed E-state index contributed by atoms with van der Waals surface area (Å²) in [4.78, 5) is 20.8. The second-order valence-corrected chi connectivity index (χ2v) is 2.55. The van der Waals surface area contributed by atoms with Gasteiger partial charge in [-0.15, -0.1) is 0 Å². The number of carboxylic acid groups (broad SMARTS) is 1. The van der Waals surface area contributed by atoms with E-state index in [1.807, 2.05) is 0 Å². The van der Waals surface area contributed by atoms with E-state index < -0.39 is 24.0 Å². The second-order valence-electron chi connectivity index (χ2n) is 2.55. The summed E-state index contributed by atoms with van der Waals surface area (Å²) in [7, 11) is 0. The van der Waals surface area contributed by atoms with Crippen molar-refractivity contribution < 1.29 is 24.5 Å². The molecule has 0 heterocycles. The fraction of sp³-hybridized carbons (Fsp3) is 0.714. The van der Waals surface area contributed by atoms with Crippen molar-refractivity contribution in [2.24, 2.45) is 5.92 Å². The Hall–Kier alpha value is -1.10. The standard InChI is InChI=1S/C7H12O5/c1-4(6(9)10)3-12-7(11)5(2)8/h4-5,8H,3H2,1-2H3,(H,9,10). The number of ether oxygens (including phenoxy) is 1. The number of carboxylic acids is 1. The average molecular weight is 176 g/mol. The topological polar surface area (TPSA) is 83.8 Å². The minimum absolute atomic E-state index is 0.209. The summed E-state index contributed by atoms with van der Waals surface area (Å²) in [6, 6.07) is 0. The van der Waals surface area contributed by atoms with Gasteiger partial charge in [-0.3, -0.25) is 4.79 Å². The third-order valence-corrected chi connectivity index (χ3v) is 1.24. The Balaban J connectivity index is 3.69. The zero-order valence-electron chi connectivity index (χ0n) is 6.98. The highest BCUT2D eigenvalue weighted by molar-refractivity contribution is 5.74. The number of hydrogen-bond acceptors (Lipinski definition) is 4. The molecule has 0 aromatic carbocycles. The van der Waals surface area contributed by atoms with Crippen molar-refractivity contribution in [3.05, 3.63) is 0 Å². The maximum absolute atomic E-state index is 10.6. The molecule has 5 heteroatoms. The van der Waals surface area contributed by atoms with Crippen molar-refractivity contribution in [1.29, 1.82) is 0 Å². The predicted octanol–water partition coefficient (Wildman–Crippen LogP) is -0.369. The molecule has 0 aromatic rings. The number of rotatable bonds is 4. The molecule has 0 fully saturated rings. The highest BCUT2D eigenvalue weighted by Crippen LogP contribution is 1.97. The van der Waals surface area contributed by atoms with Crippen LogP contribution >= 0.6 is 0 Å². The van der Waals surface area contributed by atoms with Crippen LogP contribution in [0.4, 0.5) is 0 Å². The first kappa shape index (κ1) is 10.9. The predicted molar refractivity (Wildman–Crippen MR) is 39.4 cm³/mol. The largest absolute Gasteiger partial charge is 0.481 e. The van der Waals surface area contributed by atoms with E-state index in [1.165, 1.54) is 13.8 Å². The van der Waals surface area contributed by atoms with E-state index >= 15 is 0 Å². The van der Waals surface area contributed by atoms with Crippen LogP contribution < -0.4 is 0 Å². The SMILES string of the molecule is CC(O)C(=O)OCC(C)C(=O)O. The Kier molecular flexibility index (Phi) is 4.28. The van der Waals surface area contributed by atoms with Gasteiger partial charge in [0, 0.05) is 0 Å². The molecule has 0 saturated carbocycles. The number of carbonyl (C=O) groups is 2. The fourth-order valence-electron chi connectivity index (χ4n) is 0.399. The van der Waals surface area contributed by atoms with Gasteiger partial charge in [0.25, 0.3) is 0 Å². The van der Waals surface area contributed by atoms with E-state index in [2.05, 4.69) is 4.74 Å². The lowest BCUT2D eigenvalue weighted by atomic mass is 10.2. The fourth-order valence-corrected chi connectivity index (χ4v) is 0.399. The zero-order chi connectivity index (χ0) is 9.72. The molecule has 0 amide bonds. The minimum atomic E-state index is -1.20. The highest BCUT2D eigenvalue weighted by atomic mass is 16.5. The van der Waals surface area contributed by atoms with Crippen molar-refractivity contribution in [3.8, 4) is 0 Å². The molecule has 2 atom stereocenters. The number of aliphatic carboxylic acids is 1. The van der Waals surface area contributed by atoms with Gasteiger partial charge >= 0.3 is 11.9 Å². The van der Waals surface area contributed by atoms with Crippen LogP contribution in [0.2, 0.25) is 0 Å². The average Bonchev–Trinajstić information content (AvgIpc) is 1.98. The maximum atomic E-state index is 10.6. The van der Waals surface area contributed by atoms with Gasteiger partial charge in [-0.05, 0) is 13.8 Å². The molecule has 2 unspecified atom stereocenters. The quantitative estimate of drug-likeness (QED) is 0.571. The smallest absolute Gasteiger partial charge is 0.334 e. The van der Waals surface area contributed by atoms with E-state index in [4.69, 9.17) is 10.2 Å². The molecular formula is C7H12O5. The van der Waals surface area contributed by atoms with Crippen molar-refractivity contribution >= 4 is 11.9 Å². The molecule has 2 N–H and O–H groups in total. The van der Waals surface area contributed by atoms with Crippen LogP contribution in [0.15, 0.2) is 0 Å². The van der Waals surface area contributed by atoms with Gasteiger partial charge in [-0.1, -0.05) is 0 Å². The van der Waals surface area contributed by atoms with Crippen molar-refractivity contribution in [2.45, 2.75) is 20.0 Å². The molecule has 5 nitrogen and oxygen atoms in total. The van der Waals surface area contributed by atoms with Crippen molar-refractivity contribution in [2.75, 3.05) is 6.61 Å². The summed E-state index contributed by atoms with van der Waals surface area (Å²) in [6.45, 7) is 2.46. The van der Waals surface area contributed by atoms with Gasteiger partial charge < -0.3 is 14.9 Å². The van der Waals surface area contributed by atoms with Crippen molar-refractivity contribution in [1.82, 2.24) is 0 Å². The molecular weight excluding hydrogens is 164 g/mol. The van der Waals surface area contributed by atoms with Crippen molar-refractivity contribution in [3.63, 3.8) is 0 Å². The lowest BCUT2D eigenvalue weighted by Gasteiger charge is -2.08. The number of aliphatic hydroxyl groups is 1. The summed E-state index contributed by atoms with van der Waals surface area (Å²) in [5, 5.41) is 17.0. The molecule has 0 bridgehead atoms. The summed E-state index contributed by atoms with van der Waals surface area (Å²) < 4.78 is 4.46. The van der Waals surface area contributed by atoms with Crippen LogP contribution in [0.1, 0.15) is 13.8 Å². The summed E-state index contributed by atoms with van der Waals surface area (Å²) >= 11 is 0. The lowest BCUT2D eigenvalue weighted by Crippen LogP contribution is -2.24. The van der Waals surface area contributed by atoms with Crippen LogP contribution in [0.25, 0.3) is 0 Å². The van der Waals surface area contributed by atoms with E-state index in [0.717, 1.165) is 0 Å². The Labute approximate surface area is 70.0 Å². The van der Waals surface area contributed by atoms with Gasteiger partial charge in [0.1, 0.15) is 12.7 Å². The lowest BCUT2D eigenvalue weighted by molar-refractivity contribution is -0.156. The number of hydrogen-bond donors (Lipinski definition) is 2. The summed E-state index contributed by atoms with van der Waals surface area (Å²) in [5.41, 5.74) is 0. The molecule has 0 saturated heterocycles. The molecule has 0 aromatic heterocycles. The number of aliphatic hydroxyl groups excluding tert-OH is 1. The number of carbonyl (C=O) groups excluding carboxylic acids is 1. The van der Waals surface area contributed by atoms with E-state index in [9.17, 15) is 9.59 Å². The van der Waals surface area contributed by atoms with Crippen LogP contribution in [-0.2, 0) is 14.3 Å². The molecule has 12 heavy (non-hydrogen) atoms. The second kappa shape index (κ2) is 4.71. The van der Waals surface area contributed by atoms with Crippen LogP contribution in [0.3, 0.4) is 0 Å². The Morgan fingerprint density at radius 2 is 1.92 bits per heavy atom. The molecule has 0 aliphatic heterocycles. The molecule has 0 radical (unpaired) electrons. The minimum Gasteiger partial charge on any atom is -0.481 e. The van der Waals surface area contributed by atoms with Gasteiger partial charge in [-0.25, -0.2) is 4.79 Å². The van der Waals surface area contributed by atoms with Gasteiger partial charge in [0.05, 0.1) is 5.92 Å². The number of esters is 1. The monoisotopic (exact) mass is 176 g/mol. The van der Waals surface area contributed by atoms with Gasteiger partial charge in [0.15, 0.2) is 0 Å². The van der Waals surface area contributed by atoms with Crippen LogP contribution in [-0.4, -0.2) is 34.9 Å². The Bertz CT molecular complexity index is 175. The van der Waals surface area contributed by atoms with Crippen LogP contribution in [0.5, 0.6) is 0 Å². The maximum Gasteiger partial charge on any atom is 0.334 e. The van der Waals surface area contributed by atoms with Gasteiger partial charge in [0.2, 0.25) is 0 Å². The third-order valence-electron chi connectivity index (χ3n) is 1.24. The molecule has 0 aliphatic rings. The van der Waals surface area contributed by atoms with Gasteiger partial charge in [-0.2, -0.15) is 0 Å². The first-order chi connectivity index (χ1) is 5.45. The first-order valence-electron chi connectivity index (χ1n) is 3.52. The normalized spacial score (nSPS) is 14.9. The zero-order valence-corrected chi connectivity index (χ0v) is 6.98. The summed E-state index contributed by atoms with van der Waals surface area (Å²) in [5.74, 6) is -2.58. The highest BCUT2D eigenvalue weighted by Gasteiger charge is 2.16. The molecule has 0 spiro atoms. The van der Waals surface area contributed by atoms with E-state index in [-0.39, 0.29) is 6.61 Å².